The highest BCUT2D eigenvalue weighted by Gasteiger charge is 2.34. The fourth-order valence-electron chi connectivity index (χ4n) is 1.38. The van der Waals surface area contributed by atoms with Crippen molar-refractivity contribution in [2.75, 3.05) is 7.05 Å². The largest absolute Gasteiger partial charge is 0.269 e. The number of nitrogens with zero attached hydrogens (tertiary/aromatic N) is 1. The summed E-state index contributed by atoms with van der Waals surface area (Å²) in [4.78, 5) is 11.3. The molecule has 0 saturated heterocycles. The standard InChI is InChI=1S/C10H9NO3S/c1-11-10(12)7-9(15(11,13)14)8-5-3-2-4-6-8/h2-7H,1H3. The van der Waals surface area contributed by atoms with Crippen LogP contribution in [-0.2, 0) is 14.8 Å². The van der Waals surface area contributed by atoms with E-state index in [1.165, 1.54) is 7.05 Å². The summed E-state index contributed by atoms with van der Waals surface area (Å²) in [5.41, 5.74) is 0.537. The summed E-state index contributed by atoms with van der Waals surface area (Å²) >= 11 is 0. The number of carbonyl (C=O) groups excluding carboxylic acids is 1. The maximum Gasteiger partial charge on any atom is 0.267 e. The van der Waals surface area contributed by atoms with E-state index in [1.807, 2.05) is 0 Å². The Labute approximate surface area is 87.9 Å². The minimum absolute atomic E-state index is 0.0654. The molecule has 1 aromatic rings. The number of likely N-dealkylation sites (N-methyl/N-ethyl adjacent to an activating group) is 1. The third kappa shape index (κ3) is 1.45. The fraction of sp³-hybridized carbons (Fsp3) is 0.100. The van der Waals surface area contributed by atoms with Crippen LogP contribution in [0.4, 0.5) is 0 Å². The van der Waals surface area contributed by atoms with Gasteiger partial charge in [-0.15, -0.1) is 0 Å². The molecule has 15 heavy (non-hydrogen) atoms. The highest BCUT2D eigenvalue weighted by molar-refractivity contribution is 7.99. The lowest BCUT2D eigenvalue weighted by molar-refractivity contribution is -0.120. The van der Waals surface area contributed by atoms with Crippen LogP contribution in [0.15, 0.2) is 36.4 Å². The van der Waals surface area contributed by atoms with E-state index in [9.17, 15) is 13.2 Å². The average Bonchev–Trinajstić information content (AvgIpc) is 2.43. The highest BCUT2D eigenvalue weighted by Crippen LogP contribution is 2.28. The monoisotopic (exact) mass is 223 g/mol. The number of sulfonamides is 1. The van der Waals surface area contributed by atoms with Gasteiger partial charge in [0.05, 0.1) is 0 Å². The van der Waals surface area contributed by atoms with E-state index in [-0.39, 0.29) is 4.91 Å². The van der Waals surface area contributed by atoms with Gasteiger partial charge in [0.1, 0.15) is 4.91 Å². The van der Waals surface area contributed by atoms with E-state index in [4.69, 9.17) is 0 Å². The number of amides is 1. The lowest BCUT2D eigenvalue weighted by Crippen LogP contribution is -2.25. The number of rotatable bonds is 1. The van der Waals surface area contributed by atoms with Crippen LogP contribution in [0.3, 0.4) is 0 Å². The molecule has 2 rings (SSSR count). The van der Waals surface area contributed by atoms with Crippen molar-refractivity contribution in [3.63, 3.8) is 0 Å². The second-order valence-electron chi connectivity index (χ2n) is 3.19. The molecular formula is C10H9NO3S. The van der Waals surface area contributed by atoms with Crippen molar-refractivity contribution < 1.29 is 13.2 Å². The average molecular weight is 223 g/mol. The van der Waals surface area contributed by atoms with Crippen LogP contribution < -0.4 is 0 Å². The molecule has 0 bridgehead atoms. The second-order valence-corrected chi connectivity index (χ2v) is 5.12. The van der Waals surface area contributed by atoms with Crippen LogP contribution in [-0.4, -0.2) is 25.7 Å². The van der Waals surface area contributed by atoms with Gasteiger partial charge in [0.2, 0.25) is 0 Å². The van der Waals surface area contributed by atoms with Crippen LogP contribution in [0.5, 0.6) is 0 Å². The van der Waals surface area contributed by atoms with Gasteiger partial charge in [-0.2, -0.15) is 0 Å². The molecule has 0 atom stereocenters. The van der Waals surface area contributed by atoms with E-state index < -0.39 is 15.9 Å². The van der Waals surface area contributed by atoms with Crippen LogP contribution in [0.2, 0.25) is 0 Å². The third-order valence-corrected chi connectivity index (χ3v) is 4.07. The van der Waals surface area contributed by atoms with E-state index in [0.717, 1.165) is 10.4 Å². The summed E-state index contributed by atoms with van der Waals surface area (Å²) < 4.78 is 24.2. The van der Waals surface area contributed by atoms with Gasteiger partial charge < -0.3 is 0 Å². The fourth-order valence-corrected chi connectivity index (χ4v) is 2.65. The van der Waals surface area contributed by atoms with E-state index in [1.54, 1.807) is 30.3 Å². The van der Waals surface area contributed by atoms with Gasteiger partial charge in [-0.1, -0.05) is 30.3 Å². The number of hydrogen-bond donors (Lipinski definition) is 0. The van der Waals surface area contributed by atoms with Crippen molar-refractivity contribution in [2.24, 2.45) is 0 Å². The summed E-state index contributed by atoms with van der Waals surface area (Å²) in [5.74, 6) is -0.506. The molecule has 1 amide bonds. The summed E-state index contributed by atoms with van der Waals surface area (Å²) in [5, 5.41) is 0. The molecule has 0 N–H and O–H groups in total. The molecule has 5 heteroatoms. The molecule has 78 valence electrons. The van der Waals surface area contributed by atoms with Crippen molar-refractivity contribution in [3.8, 4) is 0 Å². The zero-order valence-electron chi connectivity index (χ0n) is 8.04. The summed E-state index contributed by atoms with van der Waals surface area (Å²) in [7, 11) is -2.37. The van der Waals surface area contributed by atoms with Crippen molar-refractivity contribution >= 4 is 20.8 Å². The first-order valence-electron chi connectivity index (χ1n) is 4.33. The highest BCUT2D eigenvalue weighted by atomic mass is 32.2. The molecule has 1 aromatic carbocycles. The van der Waals surface area contributed by atoms with Gasteiger partial charge in [0.25, 0.3) is 15.9 Å². The Bertz CT molecular complexity index is 531. The van der Waals surface area contributed by atoms with Gasteiger partial charge in [-0.05, 0) is 5.56 Å². The molecule has 1 heterocycles. The molecule has 0 aliphatic carbocycles. The second kappa shape index (κ2) is 3.20. The first-order chi connectivity index (χ1) is 7.03. The van der Waals surface area contributed by atoms with Crippen molar-refractivity contribution in [2.45, 2.75) is 0 Å². The number of benzene rings is 1. The van der Waals surface area contributed by atoms with E-state index in [0.29, 0.717) is 5.56 Å². The normalized spacial score (nSPS) is 19.1. The molecule has 0 radical (unpaired) electrons. The number of carbonyl (C=O) groups is 1. The predicted octanol–water partition coefficient (Wildman–Crippen LogP) is 0.829. The Hall–Kier alpha value is -1.62. The Morgan fingerprint density at radius 1 is 1.13 bits per heavy atom. The number of hydrogen-bond acceptors (Lipinski definition) is 3. The van der Waals surface area contributed by atoms with Gasteiger partial charge >= 0.3 is 0 Å². The van der Waals surface area contributed by atoms with Crippen LogP contribution in [0, 0.1) is 0 Å². The molecule has 1 aliphatic rings. The Morgan fingerprint density at radius 2 is 1.73 bits per heavy atom. The van der Waals surface area contributed by atoms with Gasteiger partial charge in [0.15, 0.2) is 0 Å². The molecule has 0 saturated carbocycles. The van der Waals surface area contributed by atoms with E-state index >= 15 is 0 Å². The topological polar surface area (TPSA) is 54.5 Å². The zero-order chi connectivity index (χ0) is 11.1. The SMILES string of the molecule is CN1C(=O)C=C(c2ccccc2)S1(=O)=O. The van der Waals surface area contributed by atoms with Crippen molar-refractivity contribution in [1.29, 1.82) is 0 Å². The molecule has 0 fully saturated rings. The van der Waals surface area contributed by atoms with Crippen molar-refractivity contribution in [3.05, 3.63) is 42.0 Å². The first-order valence-corrected chi connectivity index (χ1v) is 5.77. The zero-order valence-corrected chi connectivity index (χ0v) is 8.86. The lowest BCUT2D eigenvalue weighted by Gasteiger charge is -2.09. The molecule has 0 aromatic heterocycles. The molecule has 0 unspecified atom stereocenters. The molecular weight excluding hydrogens is 214 g/mol. The van der Waals surface area contributed by atoms with Gasteiger partial charge in [-0.3, -0.25) is 4.79 Å². The van der Waals surface area contributed by atoms with E-state index in [2.05, 4.69) is 0 Å². The summed E-state index contributed by atoms with van der Waals surface area (Å²) in [6, 6.07) is 8.58. The third-order valence-electron chi connectivity index (χ3n) is 2.26. The summed E-state index contributed by atoms with van der Waals surface area (Å²) in [6.07, 6.45) is 1.14. The van der Waals surface area contributed by atoms with Crippen LogP contribution >= 0.6 is 0 Å². The molecule has 4 nitrogen and oxygen atoms in total. The minimum Gasteiger partial charge on any atom is -0.269 e. The predicted molar refractivity (Wildman–Crippen MR) is 56.1 cm³/mol. The Morgan fingerprint density at radius 3 is 2.20 bits per heavy atom. The van der Waals surface area contributed by atoms with Crippen LogP contribution in [0.1, 0.15) is 5.56 Å². The Kier molecular flexibility index (Phi) is 2.12. The minimum atomic E-state index is -3.62. The quantitative estimate of drug-likeness (QED) is 0.708. The van der Waals surface area contributed by atoms with Crippen LogP contribution in [0.25, 0.3) is 4.91 Å². The molecule has 1 aliphatic heterocycles. The van der Waals surface area contributed by atoms with Crippen molar-refractivity contribution in [1.82, 2.24) is 4.31 Å². The Balaban J connectivity index is 2.58. The maximum absolute atomic E-state index is 11.7. The summed E-state index contributed by atoms with van der Waals surface area (Å²) in [6.45, 7) is 0. The van der Waals surface area contributed by atoms with Gasteiger partial charge in [-0.25, -0.2) is 12.7 Å². The smallest absolute Gasteiger partial charge is 0.267 e. The lowest BCUT2D eigenvalue weighted by atomic mass is 10.2. The molecule has 0 spiro atoms. The van der Waals surface area contributed by atoms with Gasteiger partial charge in [0, 0.05) is 13.1 Å². The maximum atomic E-state index is 11.7. The first kappa shape index (κ1) is 9.92.